The van der Waals surface area contributed by atoms with E-state index in [0.29, 0.717) is 5.56 Å². The molecule has 6 nitrogen and oxygen atoms in total. The summed E-state index contributed by atoms with van der Waals surface area (Å²) in [6, 6.07) is 2.42. The van der Waals surface area contributed by atoms with Crippen molar-refractivity contribution in [1.82, 2.24) is 0 Å². The first kappa shape index (κ1) is 21.1. The Morgan fingerprint density at radius 1 is 1.11 bits per heavy atom. The Morgan fingerprint density at radius 3 is 2.22 bits per heavy atom. The van der Waals surface area contributed by atoms with Gasteiger partial charge in [-0.25, -0.2) is 18.0 Å². The summed E-state index contributed by atoms with van der Waals surface area (Å²) in [5.41, 5.74) is -0.317. The minimum Gasteiger partial charge on any atom is -0.506 e. The molecule has 0 unspecified atom stereocenters. The van der Waals surface area contributed by atoms with E-state index in [0.717, 1.165) is 6.07 Å². The minimum atomic E-state index is -5.66. The van der Waals surface area contributed by atoms with Gasteiger partial charge in [0.15, 0.2) is 22.3 Å². The van der Waals surface area contributed by atoms with Gasteiger partial charge in [-0.15, -0.1) is 0 Å². The highest BCUT2D eigenvalue weighted by Gasteiger charge is 2.34. The molecule has 0 fully saturated rings. The smallest absolute Gasteiger partial charge is 0.347 e. The molecule has 0 heterocycles. The molecule has 0 saturated carbocycles. The van der Waals surface area contributed by atoms with Gasteiger partial charge in [-0.1, -0.05) is 12.7 Å². The van der Waals surface area contributed by atoms with Crippen LogP contribution in [0.2, 0.25) is 0 Å². The largest absolute Gasteiger partial charge is 0.506 e. The molecule has 0 atom stereocenters. The molecule has 0 aromatic heterocycles. The lowest BCUT2D eigenvalue weighted by atomic mass is 10.1. The van der Waals surface area contributed by atoms with E-state index in [9.17, 15) is 35.9 Å². The van der Waals surface area contributed by atoms with Crippen molar-refractivity contribution < 1.29 is 45.2 Å². The molecule has 27 heavy (non-hydrogen) atoms. The molecular formula is C15H7F4IO6S. The van der Waals surface area contributed by atoms with Crippen LogP contribution in [0.25, 0.3) is 6.08 Å². The zero-order chi connectivity index (χ0) is 20.7. The second-order valence-corrected chi connectivity index (χ2v) is 7.40. The van der Waals surface area contributed by atoms with E-state index in [2.05, 4.69) is 11.3 Å². The second kappa shape index (κ2) is 7.44. The number of esters is 1. The van der Waals surface area contributed by atoms with E-state index >= 15 is 0 Å². The summed E-state index contributed by atoms with van der Waals surface area (Å²) in [5, 5.41) is 9.89. The summed E-state index contributed by atoms with van der Waals surface area (Å²) in [6.45, 7) is 3.43. The van der Waals surface area contributed by atoms with Crippen LogP contribution in [-0.4, -0.2) is 24.0 Å². The monoisotopic (exact) mass is 518 g/mol. The molecule has 0 spiro atoms. The van der Waals surface area contributed by atoms with Crippen LogP contribution in [0.1, 0.15) is 15.9 Å². The first-order valence-electron chi connectivity index (χ1n) is 6.60. The predicted octanol–water partition coefficient (Wildman–Crippen LogP) is 3.66. The van der Waals surface area contributed by atoms with Gasteiger partial charge in [0.1, 0.15) is 11.3 Å². The van der Waals surface area contributed by atoms with Crippen molar-refractivity contribution in [2.24, 2.45) is 0 Å². The summed E-state index contributed by atoms with van der Waals surface area (Å²) in [6.07, 6.45) is 1.27. The normalized spacial score (nSPS) is 11.3. The predicted molar refractivity (Wildman–Crippen MR) is 92.0 cm³/mol. The molecular weight excluding hydrogens is 511 g/mol. The molecule has 0 bridgehead atoms. The van der Waals surface area contributed by atoms with Gasteiger partial charge in [0.05, 0.1) is 3.57 Å². The number of benzene rings is 2. The fraction of sp³-hybridized carbons (Fsp3) is 0. The zero-order valence-electron chi connectivity index (χ0n) is 12.8. The van der Waals surface area contributed by atoms with Crippen molar-refractivity contribution in [2.45, 2.75) is 4.90 Å². The third-order valence-electron chi connectivity index (χ3n) is 3.18. The average molecular weight is 518 g/mol. The van der Waals surface area contributed by atoms with E-state index in [1.54, 1.807) is 22.6 Å². The van der Waals surface area contributed by atoms with Crippen molar-refractivity contribution in [1.29, 1.82) is 0 Å². The zero-order valence-corrected chi connectivity index (χ0v) is 15.7. The molecule has 0 radical (unpaired) electrons. The van der Waals surface area contributed by atoms with E-state index in [1.807, 2.05) is 0 Å². The van der Waals surface area contributed by atoms with Crippen LogP contribution < -0.4 is 4.74 Å². The molecule has 0 amide bonds. The number of phenolic OH excluding ortho intramolecular Hbond substituents is 1. The number of carbonyl (C=O) groups is 1. The maximum Gasteiger partial charge on any atom is 0.347 e. The Morgan fingerprint density at radius 2 is 1.70 bits per heavy atom. The number of rotatable bonds is 4. The lowest BCUT2D eigenvalue weighted by Crippen LogP contribution is -2.16. The molecule has 0 aliphatic carbocycles. The maximum atomic E-state index is 14.1. The lowest BCUT2D eigenvalue weighted by Gasteiger charge is -2.12. The summed E-state index contributed by atoms with van der Waals surface area (Å²) in [4.78, 5) is 9.90. The van der Waals surface area contributed by atoms with Crippen molar-refractivity contribution in [3.8, 4) is 11.5 Å². The first-order chi connectivity index (χ1) is 12.4. The van der Waals surface area contributed by atoms with E-state index in [4.69, 9.17) is 4.55 Å². The topological polar surface area (TPSA) is 101 Å². The quantitative estimate of drug-likeness (QED) is 0.122. The minimum absolute atomic E-state index is 0.127. The van der Waals surface area contributed by atoms with Crippen LogP contribution in [0.4, 0.5) is 17.6 Å². The summed E-state index contributed by atoms with van der Waals surface area (Å²) in [7, 11) is -5.66. The first-order valence-corrected chi connectivity index (χ1v) is 9.12. The lowest BCUT2D eigenvalue weighted by molar-refractivity contribution is 0.0712. The van der Waals surface area contributed by atoms with E-state index in [-0.39, 0.29) is 3.57 Å². The van der Waals surface area contributed by atoms with Crippen LogP contribution >= 0.6 is 22.6 Å². The number of halogens is 5. The molecule has 0 aliphatic heterocycles. The highest BCUT2D eigenvalue weighted by Crippen LogP contribution is 2.34. The molecule has 12 heteroatoms. The van der Waals surface area contributed by atoms with Gasteiger partial charge < -0.3 is 9.84 Å². The highest BCUT2D eigenvalue weighted by molar-refractivity contribution is 14.1. The fourth-order valence-corrected chi connectivity index (χ4v) is 3.23. The Hall–Kier alpha value is -2.19. The van der Waals surface area contributed by atoms with Crippen LogP contribution in [0.15, 0.2) is 23.6 Å². The van der Waals surface area contributed by atoms with Gasteiger partial charge in [0.2, 0.25) is 11.6 Å². The van der Waals surface area contributed by atoms with Gasteiger partial charge in [-0.05, 0) is 40.3 Å². The third kappa shape index (κ3) is 3.91. The van der Waals surface area contributed by atoms with E-state index < -0.39 is 61.3 Å². The fourth-order valence-electron chi connectivity index (χ4n) is 1.95. The number of ether oxygens (including phenoxy) is 1. The Kier molecular flexibility index (Phi) is 5.82. The van der Waals surface area contributed by atoms with Crippen molar-refractivity contribution in [2.75, 3.05) is 0 Å². The molecule has 2 aromatic rings. The molecule has 2 aromatic carbocycles. The summed E-state index contributed by atoms with van der Waals surface area (Å²) < 4.78 is 90.2. The number of carbonyl (C=O) groups excluding carboxylic acids is 1. The van der Waals surface area contributed by atoms with Gasteiger partial charge in [0.25, 0.3) is 0 Å². The number of hydrogen-bond donors (Lipinski definition) is 2. The SMILES string of the molecule is C=Cc1cc(I)c(O)c(C(=O)Oc2c(F)c(F)c(F)c(S(=O)(=O)O)c2F)c1. The van der Waals surface area contributed by atoms with Gasteiger partial charge in [-0.2, -0.15) is 12.8 Å². The molecule has 0 saturated heterocycles. The molecule has 0 aliphatic rings. The van der Waals surface area contributed by atoms with Crippen LogP contribution in [-0.2, 0) is 10.1 Å². The number of hydrogen-bond acceptors (Lipinski definition) is 5. The van der Waals surface area contributed by atoms with Crippen molar-refractivity contribution >= 4 is 44.8 Å². The number of phenols is 1. The standard InChI is InChI=1S/C15H7F4IO6S/c1-2-5-3-6(12(21)7(20)4-5)15(22)26-13-9(17)8(16)10(18)14(11(13)19)27(23,24)25/h2-4,21H,1H2,(H,23,24,25). The van der Waals surface area contributed by atoms with Crippen LogP contribution in [0.3, 0.4) is 0 Å². The molecule has 2 rings (SSSR count). The van der Waals surface area contributed by atoms with E-state index in [1.165, 1.54) is 12.1 Å². The van der Waals surface area contributed by atoms with Gasteiger partial charge in [0, 0.05) is 0 Å². The maximum absolute atomic E-state index is 14.1. The van der Waals surface area contributed by atoms with Crippen LogP contribution in [0.5, 0.6) is 11.5 Å². The summed E-state index contributed by atoms with van der Waals surface area (Å²) >= 11 is 1.63. The van der Waals surface area contributed by atoms with Crippen molar-refractivity contribution in [3.63, 3.8) is 0 Å². The third-order valence-corrected chi connectivity index (χ3v) is 4.87. The Labute approximate surface area is 163 Å². The molecule has 144 valence electrons. The van der Waals surface area contributed by atoms with Crippen LogP contribution in [0, 0.1) is 26.8 Å². The van der Waals surface area contributed by atoms with Gasteiger partial charge >= 0.3 is 16.1 Å². The number of aromatic hydroxyl groups is 1. The molecule has 2 N–H and O–H groups in total. The van der Waals surface area contributed by atoms with Gasteiger partial charge in [-0.3, -0.25) is 4.55 Å². The Balaban J connectivity index is 2.66. The average Bonchev–Trinajstić information content (AvgIpc) is 2.57. The second-order valence-electron chi connectivity index (χ2n) is 4.88. The van der Waals surface area contributed by atoms with Crippen molar-refractivity contribution in [3.05, 3.63) is 56.7 Å². The Bertz CT molecular complexity index is 1080. The highest BCUT2D eigenvalue weighted by atomic mass is 127. The summed E-state index contributed by atoms with van der Waals surface area (Å²) in [5.74, 6) is -13.9.